The Balaban J connectivity index is 1.48. The summed E-state index contributed by atoms with van der Waals surface area (Å²) in [5.41, 5.74) is 1.19. The Hall–Kier alpha value is -1.43. The third-order valence-corrected chi connectivity index (χ3v) is 6.54. The van der Waals surface area contributed by atoms with Crippen molar-refractivity contribution in [2.45, 2.75) is 62.8 Å². The smallest absolute Gasteiger partial charge is 0.336 e. The normalized spacial score (nSPS) is 31.7. The number of carboxylic acid groups (broad SMARTS) is 1. The molecule has 1 N–H and O–H groups in total. The van der Waals surface area contributed by atoms with E-state index >= 15 is 0 Å². The molecule has 1 saturated heterocycles. The zero-order valence-electron chi connectivity index (χ0n) is 15.5. The van der Waals surface area contributed by atoms with Crippen molar-refractivity contribution in [1.29, 1.82) is 0 Å². The summed E-state index contributed by atoms with van der Waals surface area (Å²) in [5.74, 6) is -0.0710. The number of ether oxygens (including phenoxy) is 2. The van der Waals surface area contributed by atoms with Crippen LogP contribution in [-0.4, -0.2) is 54.0 Å². The van der Waals surface area contributed by atoms with E-state index in [1.807, 2.05) is 19.2 Å². The number of hydrogen-bond acceptors (Lipinski definition) is 4. The van der Waals surface area contributed by atoms with E-state index < -0.39 is 5.97 Å². The van der Waals surface area contributed by atoms with Crippen LogP contribution in [-0.2, 0) is 16.0 Å². The Morgan fingerprint density at radius 2 is 2.08 bits per heavy atom. The van der Waals surface area contributed by atoms with Gasteiger partial charge < -0.3 is 14.6 Å². The minimum absolute atomic E-state index is 0.0996. The molecular formula is C21H29NO4. The van der Waals surface area contributed by atoms with Crippen LogP contribution in [0, 0.1) is 5.92 Å². The minimum Gasteiger partial charge on any atom is -0.478 e. The largest absolute Gasteiger partial charge is 0.478 e. The van der Waals surface area contributed by atoms with Gasteiger partial charge in [0.1, 0.15) is 0 Å². The zero-order chi connectivity index (χ0) is 18.1. The standard InChI is InChI=1S/C21H29NO4/c1-25-21-9-8-17(26-14-15-6-7-15)12-19(21)22(11-10-21)13-16-4-2-3-5-18(16)20(23)24/h2-5,15,17,19H,6-14H2,1H3,(H,23,24)/t17?,19?,21-/m1/s1. The van der Waals surface area contributed by atoms with Gasteiger partial charge in [-0.1, -0.05) is 18.2 Å². The molecule has 3 atom stereocenters. The molecule has 1 aromatic rings. The van der Waals surface area contributed by atoms with Crippen molar-refractivity contribution in [1.82, 2.24) is 4.90 Å². The number of benzene rings is 1. The van der Waals surface area contributed by atoms with E-state index in [1.54, 1.807) is 12.1 Å². The number of methoxy groups -OCH3 is 1. The number of rotatable bonds is 7. The van der Waals surface area contributed by atoms with Gasteiger partial charge in [-0.2, -0.15) is 0 Å². The van der Waals surface area contributed by atoms with Gasteiger partial charge in [-0.3, -0.25) is 4.90 Å². The van der Waals surface area contributed by atoms with E-state index in [0.717, 1.165) is 50.3 Å². The lowest BCUT2D eigenvalue weighted by atomic mass is 9.79. The molecule has 3 aliphatic rings. The highest BCUT2D eigenvalue weighted by atomic mass is 16.5. The Labute approximate surface area is 155 Å². The maximum absolute atomic E-state index is 11.5. The number of fused-ring (bicyclic) bond motifs is 1. The van der Waals surface area contributed by atoms with Crippen LogP contribution in [0.15, 0.2) is 24.3 Å². The molecule has 1 aromatic carbocycles. The van der Waals surface area contributed by atoms with Crippen molar-refractivity contribution in [3.05, 3.63) is 35.4 Å². The van der Waals surface area contributed by atoms with Crippen LogP contribution in [0.5, 0.6) is 0 Å². The molecule has 5 heteroatoms. The van der Waals surface area contributed by atoms with Crippen LogP contribution >= 0.6 is 0 Å². The summed E-state index contributed by atoms with van der Waals surface area (Å²) in [4.78, 5) is 14.0. The summed E-state index contributed by atoms with van der Waals surface area (Å²) in [7, 11) is 1.83. The van der Waals surface area contributed by atoms with Gasteiger partial charge in [0.2, 0.25) is 0 Å². The Morgan fingerprint density at radius 3 is 2.81 bits per heavy atom. The first-order valence-electron chi connectivity index (χ1n) is 9.83. The molecule has 0 aromatic heterocycles. The van der Waals surface area contributed by atoms with Crippen LogP contribution < -0.4 is 0 Å². The summed E-state index contributed by atoms with van der Waals surface area (Å²) >= 11 is 0. The van der Waals surface area contributed by atoms with Crippen molar-refractivity contribution >= 4 is 5.97 Å². The molecule has 0 amide bonds. The predicted octanol–water partition coefficient (Wildman–Crippen LogP) is 3.32. The molecule has 3 fully saturated rings. The van der Waals surface area contributed by atoms with Gasteiger partial charge in [0.15, 0.2) is 0 Å². The molecule has 5 nitrogen and oxygen atoms in total. The second-order valence-electron chi connectivity index (χ2n) is 8.14. The molecule has 2 aliphatic carbocycles. The molecule has 0 spiro atoms. The van der Waals surface area contributed by atoms with E-state index in [2.05, 4.69) is 4.90 Å². The molecule has 1 heterocycles. The van der Waals surface area contributed by atoms with Gasteiger partial charge in [-0.15, -0.1) is 0 Å². The SMILES string of the molecule is CO[C@@]12CCC(OCC3CC3)CC1N(Cc1ccccc1C(=O)O)CC2. The lowest BCUT2D eigenvalue weighted by molar-refractivity contribution is -0.103. The second kappa shape index (κ2) is 7.29. The van der Waals surface area contributed by atoms with Crippen molar-refractivity contribution in [3.63, 3.8) is 0 Å². The van der Waals surface area contributed by atoms with Crippen molar-refractivity contribution in [2.24, 2.45) is 5.92 Å². The van der Waals surface area contributed by atoms with Crippen LogP contribution in [0.2, 0.25) is 0 Å². The lowest BCUT2D eigenvalue weighted by Gasteiger charge is -2.43. The molecule has 2 saturated carbocycles. The quantitative estimate of drug-likeness (QED) is 0.809. The Kier molecular flexibility index (Phi) is 5.04. The number of likely N-dealkylation sites (tertiary alicyclic amines) is 1. The van der Waals surface area contributed by atoms with Crippen molar-refractivity contribution < 1.29 is 19.4 Å². The van der Waals surface area contributed by atoms with Gasteiger partial charge in [-0.05, 0) is 56.1 Å². The van der Waals surface area contributed by atoms with E-state index in [0.29, 0.717) is 24.3 Å². The van der Waals surface area contributed by atoms with Gasteiger partial charge in [0, 0.05) is 32.8 Å². The summed E-state index contributed by atoms with van der Waals surface area (Å²) in [6.45, 7) is 2.51. The van der Waals surface area contributed by atoms with Gasteiger partial charge in [0.05, 0.1) is 17.3 Å². The maximum Gasteiger partial charge on any atom is 0.336 e. The summed E-state index contributed by atoms with van der Waals surface area (Å²) in [6.07, 6.45) is 7.03. The second-order valence-corrected chi connectivity index (χ2v) is 8.14. The van der Waals surface area contributed by atoms with E-state index in [1.165, 1.54) is 12.8 Å². The minimum atomic E-state index is -0.855. The van der Waals surface area contributed by atoms with Crippen molar-refractivity contribution in [2.75, 3.05) is 20.3 Å². The van der Waals surface area contributed by atoms with Gasteiger partial charge >= 0.3 is 5.97 Å². The molecule has 1 aliphatic heterocycles. The maximum atomic E-state index is 11.5. The number of hydrogen-bond donors (Lipinski definition) is 1. The lowest BCUT2D eigenvalue weighted by Crippen LogP contribution is -2.51. The highest BCUT2D eigenvalue weighted by Gasteiger charge is 2.51. The van der Waals surface area contributed by atoms with Crippen LogP contribution in [0.25, 0.3) is 0 Å². The fourth-order valence-corrected chi connectivity index (χ4v) is 4.74. The van der Waals surface area contributed by atoms with Crippen LogP contribution in [0.1, 0.15) is 54.4 Å². The highest BCUT2D eigenvalue weighted by molar-refractivity contribution is 5.89. The molecule has 142 valence electrons. The Bertz CT molecular complexity index is 659. The number of nitrogens with zero attached hydrogens (tertiary/aromatic N) is 1. The predicted molar refractivity (Wildman–Crippen MR) is 98.3 cm³/mol. The Morgan fingerprint density at radius 1 is 1.27 bits per heavy atom. The van der Waals surface area contributed by atoms with Crippen LogP contribution in [0.3, 0.4) is 0 Å². The van der Waals surface area contributed by atoms with Crippen LogP contribution in [0.4, 0.5) is 0 Å². The first-order valence-corrected chi connectivity index (χ1v) is 9.83. The summed E-state index contributed by atoms with van der Waals surface area (Å²) in [6, 6.07) is 7.63. The summed E-state index contributed by atoms with van der Waals surface area (Å²) in [5, 5.41) is 9.48. The van der Waals surface area contributed by atoms with E-state index in [9.17, 15) is 9.90 Å². The summed E-state index contributed by atoms with van der Waals surface area (Å²) < 4.78 is 12.2. The molecular weight excluding hydrogens is 330 g/mol. The number of carbonyl (C=O) groups is 1. The monoisotopic (exact) mass is 359 g/mol. The van der Waals surface area contributed by atoms with E-state index in [4.69, 9.17) is 9.47 Å². The third kappa shape index (κ3) is 3.53. The van der Waals surface area contributed by atoms with E-state index in [-0.39, 0.29) is 5.60 Å². The average molecular weight is 359 g/mol. The van der Waals surface area contributed by atoms with Crippen molar-refractivity contribution in [3.8, 4) is 0 Å². The first kappa shape index (κ1) is 18.0. The molecule has 26 heavy (non-hydrogen) atoms. The van der Waals surface area contributed by atoms with Gasteiger partial charge in [-0.25, -0.2) is 4.79 Å². The molecule has 0 bridgehead atoms. The first-order chi connectivity index (χ1) is 12.6. The highest BCUT2D eigenvalue weighted by Crippen LogP contribution is 2.44. The average Bonchev–Trinajstić information content (AvgIpc) is 3.42. The van der Waals surface area contributed by atoms with Gasteiger partial charge in [0.25, 0.3) is 0 Å². The zero-order valence-corrected chi connectivity index (χ0v) is 15.5. The molecule has 0 radical (unpaired) electrons. The fraction of sp³-hybridized carbons (Fsp3) is 0.667. The topological polar surface area (TPSA) is 59.0 Å². The number of aromatic carboxylic acids is 1. The number of carboxylic acids is 1. The molecule has 2 unspecified atom stereocenters. The molecule has 4 rings (SSSR count). The third-order valence-electron chi connectivity index (χ3n) is 6.54. The fourth-order valence-electron chi connectivity index (χ4n) is 4.74.